The van der Waals surface area contributed by atoms with Crippen LogP contribution in [0.2, 0.25) is 0 Å². The van der Waals surface area contributed by atoms with Crippen LogP contribution >= 0.6 is 0 Å². The van der Waals surface area contributed by atoms with Crippen molar-refractivity contribution in [2.45, 2.75) is 20.3 Å². The van der Waals surface area contributed by atoms with Gasteiger partial charge in [0.2, 0.25) is 0 Å². The molecule has 0 bridgehead atoms. The summed E-state index contributed by atoms with van der Waals surface area (Å²) in [5.74, 6) is -0.912. The summed E-state index contributed by atoms with van der Waals surface area (Å²) in [4.78, 5) is 22.2. The molecule has 0 aliphatic carbocycles. The highest BCUT2D eigenvalue weighted by molar-refractivity contribution is 5.89. The summed E-state index contributed by atoms with van der Waals surface area (Å²) < 4.78 is 9.09. The van der Waals surface area contributed by atoms with E-state index in [0.29, 0.717) is 5.57 Å². The molecule has 0 rings (SSSR count). The first-order valence-corrected chi connectivity index (χ1v) is 4.38. The maximum atomic E-state index is 11.2. The smallest absolute Gasteiger partial charge is 0.333 e. The van der Waals surface area contributed by atoms with Gasteiger partial charge in [-0.1, -0.05) is 13.0 Å². The van der Waals surface area contributed by atoms with Crippen LogP contribution in [-0.2, 0) is 19.1 Å². The number of carbonyl (C=O) groups is 2. The Bertz CT molecular complexity index is 243. The lowest BCUT2D eigenvalue weighted by molar-refractivity contribution is -0.141. The van der Waals surface area contributed by atoms with Gasteiger partial charge in [0, 0.05) is 5.57 Å². The van der Waals surface area contributed by atoms with Crippen molar-refractivity contribution < 1.29 is 19.1 Å². The molecular weight excluding hydrogens is 184 g/mol. The van der Waals surface area contributed by atoms with Crippen molar-refractivity contribution in [3.05, 3.63) is 11.6 Å². The molecule has 0 heterocycles. The van der Waals surface area contributed by atoms with Crippen LogP contribution in [0, 0.1) is 5.92 Å². The van der Waals surface area contributed by atoms with Crippen LogP contribution in [0.5, 0.6) is 0 Å². The van der Waals surface area contributed by atoms with Crippen LogP contribution in [0.15, 0.2) is 11.6 Å². The van der Waals surface area contributed by atoms with Gasteiger partial charge in [0.1, 0.15) is 0 Å². The second kappa shape index (κ2) is 6.18. The molecule has 0 N–H and O–H groups in total. The summed E-state index contributed by atoms with van der Waals surface area (Å²) in [7, 11) is 2.64. The Morgan fingerprint density at radius 3 is 2.21 bits per heavy atom. The molecule has 0 spiro atoms. The van der Waals surface area contributed by atoms with E-state index in [2.05, 4.69) is 9.47 Å². The molecule has 0 saturated carbocycles. The zero-order valence-corrected chi connectivity index (χ0v) is 8.99. The summed E-state index contributed by atoms with van der Waals surface area (Å²) in [6.07, 6.45) is 1.84. The minimum atomic E-state index is -0.399. The lowest BCUT2D eigenvalue weighted by atomic mass is 9.97. The standard InChI is InChI=1S/C10H16O4/c1-5-8(10(12)14-4)7(2)6-9(11)13-3/h5,7H,6H2,1-4H3/b8-5-. The quantitative estimate of drug-likeness (QED) is 0.507. The molecule has 1 unspecified atom stereocenters. The highest BCUT2D eigenvalue weighted by atomic mass is 16.5. The largest absolute Gasteiger partial charge is 0.469 e. The summed E-state index contributed by atoms with van der Waals surface area (Å²) >= 11 is 0. The summed E-state index contributed by atoms with van der Waals surface area (Å²) in [5, 5.41) is 0. The molecule has 0 aromatic rings. The minimum absolute atomic E-state index is 0.181. The van der Waals surface area contributed by atoms with Crippen LogP contribution in [0.3, 0.4) is 0 Å². The number of ether oxygens (including phenoxy) is 2. The van der Waals surface area contributed by atoms with Gasteiger partial charge in [0.25, 0.3) is 0 Å². The van der Waals surface area contributed by atoms with E-state index in [9.17, 15) is 9.59 Å². The Morgan fingerprint density at radius 2 is 1.86 bits per heavy atom. The molecule has 0 radical (unpaired) electrons. The fraction of sp³-hybridized carbons (Fsp3) is 0.600. The van der Waals surface area contributed by atoms with Crippen molar-refractivity contribution >= 4 is 11.9 Å². The first kappa shape index (κ1) is 12.7. The molecule has 0 aromatic heterocycles. The average molecular weight is 200 g/mol. The highest BCUT2D eigenvalue weighted by Crippen LogP contribution is 2.16. The van der Waals surface area contributed by atoms with Crippen molar-refractivity contribution in [3.63, 3.8) is 0 Å². The highest BCUT2D eigenvalue weighted by Gasteiger charge is 2.19. The van der Waals surface area contributed by atoms with Crippen LogP contribution in [-0.4, -0.2) is 26.2 Å². The van der Waals surface area contributed by atoms with E-state index in [0.717, 1.165) is 0 Å². The molecule has 0 aliphatic rings. The van der Waals surface area contributed by atoms with Crippen molar-refractivity contribution in [2.75, 3.05) is 14.2 Å². The molecule has 0 fully saturated rings. The Labute approximate surface area is 83.9 Å². The monoisotopic (exact) mass is 200 g/mol. The number of hydrogen-bond donors (Lipinski definition) is 0. The second-order valence-electron chi connectivity index (χ2n) is 2.92. The molecular formula is C10H16O4. The van der Waals surface area contributed by atoms with E-state index in [4.69, 9.17) is 0 Å². The predicted octanol–water partition coefficient (Wildman–Crippen LogP) is 1.30. The van der Waals surface area contributed by atoms with Crippen molar-refractivity contribution in [1.82, 2.24) is 0 Å². The van der Waals surface area contributed by atoms with Gasteiger partial charge in [0.15, 0.2) is 0 Å². The van der Waals surface area contributed by atoms with Crippen LogP contribution < -0.4 is 0 Å². The topological polar surface area (TPSA) is 52.6 Å². The van der Waals surface area contributed by atoms with Crippen LogP contribution in [0.25, 0.3) is 0 Å². The summed E-state index contributed by atoms with van der Waals surface area (Å²) in [6.45, 7) is 3.52. The number of methoxy groups -OCH3 is 2. The van der Waals surface area contributed by atoms with Gasteiger partial charge in [-0.15, -0.1) is 0 Å². The number of esters is 2. The number of allylic oxidation sites excluding steroid dienone is 1. The van der Waals surface area contributed by atoms with Crippen molar-refractivity contribution in [1.29, 1.82) is 0 Å². The van der Waals surface area contributed by atoms with E-state index in [1.807, 2.05) is 0 Å². The van der Waals surface area contributed by atoms with E-state index in [1.165, 1.54) is 14.2 Å². The van der Waals surface area contributed by atoms with Gasteiger partial charge in [-0.3, -0.25) is 4.79 Å². The summed E-state index contributed by atoms with van der Waals surface area (Å²) in [6, 6.07) is 0. The first-order chi connectivity index (χ1) is 6.56. The van der Waals surface area contributed by atoms with E-state index in [-0.39, 0.29) is 18.3 Å². The third-order valence-corrected chi connectivity index (χ3v) is 1.96. The third-order valence-electron chi connectivity index (χ3n) is 1.96. The van der Waals surface area contributed by atoms with Crippen molar-refractivity contribution in [2.24, 2.45) is 5.92 Å². The molecule has 0 aromatic carbocycles. The Hall–Kier alpha value is -1.32. The van der Waals surface area contributed by atoms with Crippen molar-refractivity contribution in [3.8, 4) is 0 Å². The normalized spacial score (nSPS) is 13.3. The minimum Gasteiger partial charge on any atom is -0.469 e. The maximum absolute atomic E-state index is 11.2. The van der Waals surface area contributed by atoms with E-state index >= 15 is 0 Å². The van der Waals surface area contributed by atoms with Gasteiger partial charge in [0.05, 0.1) is 20.6 Å². The molecule has 4 heteroatoms. The zero-order valence-electron chi connectivity index (χ0n) is 8.99. The lowest BCUT2D eigenvalue weighted by Crippen LogP contribution is -2.16. The maximum Gasteiger partial charge on any atom is 0.333 e. The molecule has 0 aliphatic heterocycles. The van der Waals surface area contributed by atoms with Gasteiger partial charge >= 0.3 is 11.9 Å². The zero-order chi connectivity index (χ0) is 11.1. The molecule has 0 amide bonds. The third kappa shape index (κ3) is 3.60. The molecule has 14 heavy (non-hydrogen) atoms. The lowest BCUT2D eigenvalue weighted by Gasteiger charge is -2.12. The predicted molar refractivity (Wildman–Crippen MR) is 51.6 cm³/mol. The van der Waals surface area contributed by atoms with Gasteiger partial charge in [-0.05, 0) is 12.8 Å². The average Bonchev–Trinajstić information content (AvgIpc) is 2.18. The fourth-order valence-corrected chi connectivity index (χ4v) is 1.16. The molecule has 0 saturated heterocycles. The van der Waals surface area contributed by atoms with Crippen LogP contribution in [0.1, 0.15) is 20.3 Å². The van der Waals surface area contributed by atoms with Crippen LogP contribution in [0.4, 0.5) is 0 Å². The number of carbonyl (C=O) groups excluding carboxylic acids is 2. The Kier molecular flexibility index (Phi) is 5.60. The fourth-order valence-electron chi connectivity index (χ4n) is 1.16. The first-order valence-electron chi connectivity index (χ1n) is 4.38. The SMILES string of the molecule is C/C=C(\C(=O)OC)C(C)CC(=O)OC. The van der Waals surface area contributed by atoms with Gasteiger partial charge < -0.3 is 9.47 Å². The van der Waals surface area contributed by atoms with Gasteiger partial charge in [-0.25, -0.2) is 4.79 Å². The molecule has 1 atom stereocenters. The molecule has 80 valence electrons. The van der Waals surface area contributed by atoms with Gasteiger partial charge in [-0.2, -0.15) is 0 Å². The number of rotatable bonds is 4. The molecule has 4 nitrogen and oxygen atoms in total. The number of hydrogen-bond acceptors (Lipinski definition) is 4. The summed E-state index contributed by atoms with van der Waals surface area (Å²) in [5.41, 5.74) is 0.498. The Morgan fingerprint density at radius 1 is 1.29 bits per heavy atom. The van der Waals surface area contributed by atoms with E-state index in [1.54, 1.807) is 19.9 Å². The second-order valence-corrected chi connectivity index (χ2v) is 2.92. The Balaban J connectivity index is 4.41. The van der Waals surface area contributed by atoms with E-state index < -0.39 is 5.97 Å².